The second-order valence-electron chi connectivity index (χ2n) is 4.72. The van der Waals surface area contributed by atoms with Gasteiger partial charge in [-0.05, 0) is 6.07 Å². The van der Waals surface area contributed by atoms with Crippen LogP contribution in [0.25, 0.3) is 0 Å². The van der Waals surface area contributed by atoms with Gasteiger partial charge in [0.1, 0.15) is 5.75 Å². The lowest BCUT2D eigenvalue weighted by Gasteiger charge is -2.34. The Morgan fingerprint density at radius 3 is 2.80 bits per heavy atom. The average molecular weight is 295 g/mol. The molecule has 0 aromatic heterocycles. The summed E-state index contributed by atoms with van der Waals surface area (Å²) in [4.78, 5) is 24.8. The molecule has 1 aliphatic rings. The summed E-state index contributed by atoms with van der Waals surface area (Å²) in [5, 5.41) is 18.6. The number of para-hydroxylation sites is 1. The molecule has 1 saturated heterocycles. The van der Waals surface area contributed by atoms with E-state index in [0.717, 1.165) is 5.75 Å². The number of amides is 1. The fraction of sp³-hybridized carbons (Fsp3) is 0.429. The summed E-state index contributed by atoms with van der Waals surface area (Å²) >= 11 is 1.67. The first-order valence-electron chi connectivity index (χ1n) is 6.44. The Morgan fingerprint density at radius 1 is 1.35 bits per heavy atom. The summed E-state index contributed by atoms with van der Waals surface area (Å²) in [6.45, 7) is 0.565. The van der Waals surface area contributed by atoms with E-state index < -0.39 is 5.97 Å². The molecule has 1 fully saturated rings. The zero-order valence-electron chi connectivity index (χ0n) is 11.0. The maximum Gasteiger partial charge on any atom is 0.305 e. The molecular weight excluding hydrogens is 278 g/mol. The van der Waals surface area contributed by atoms with Gasteiger partial charge in [-0.15, -0.1) is 0 Å². The van der Waals surface area contributed by atoms with Gasteiger partial charge in [-0.1, -0.05) is 18.2 Å². The lowest BCUT2D eigenvalue weighted by atomic mass is 10.1. The molecule has 0 radical (unpaired) electrons. The number of aromatic hydroxyl groups is 1. The third-order valence-electron chi connectivity index (χ3n) is 3.29. The molecule has 0 aliphatic carbocycles. The number of hydrogen-bond donors (Lipinski definition) is 2. The van der Waals surface area contributed by atoms with Crippen molar-refractivity contribution in [2.24, 2.45) is 0 Å². The Hall–Kier alpha value is -1.69. The first-order chi connectivity index (χ1) is 9.58. The Kier molecular flexibility index (Phi) is 4.89. The summed E-state index contributed by atoms with van der Waals surface area (Å²) in [5.74, 6) is 0.555. The number of rotatable bonds is 4. The Morgan fingerprint density at radius 2 is 2.10 bits per heavy atom. The van der Waals surface area contributed by atoms with E-state index in [1.807, 2.05) is 0 Å². The van der Waals surface area contributed by atoms with Gasteiger partial charge >= 0.3 is 5.97 Å². The van der Waals surface area contributed by atoms with Gasteiger partial charge in [-0.3, -0.25) is 9.59 Å². The number of nitrogens with zero attached hydrogens (tertiary/aromatic N) is 1. The highest BCUT2D eigenvalue weighted by atomic mass is 32.2. The molecule has 1 unspecified atom stereocenters. The number of aliphatic carboxylic acids is 1. The van der Waals surface area contributed by atoms with Crippen LogP contribution in [0.15, 0.2) is 24.3 Å². The highest BCUT2D eigenvalue weighted by Gasteiger charge is 2.28. The minimum atomic E-state index is -0.891. The fourth-order valence-corrected chi connectivity index (χ4v) is 3.34. The molecule has 1 aromatic rings. The zero-order chi connectivity index (χ0) is 14.5. The van der Waals surface area contributed by atoms with Crippen LogP contribution in [0.4, 0.5) is 0 Å². The van der Waals surface area contributed by atoms with E-state index in [0.29, 0.717) is 17.9 Å². The molecule has 2 N–H and O–H groups in total. The molecule has 6 heteroatoms. The number of carboxylic acids is 1. The molecule has 0 spiro atoms. The topological polar surface area (TPSA) is 77.8 Å². The van der Waals surface area contributed by atoms with E-state index in [1.165, 1.54) is 0 Å². The predicted molar refractivity (Wildman–Crippen MR) is 76.9 cm³/mol. The van der Waals surface area contributed by atoms with Crippen LogP contribution in [0.2, 0.25) is 0 Å². The van der Waals surface area contributed by atoms with Crippen LogP contribution in [-0.4, -0.2) is 51.1 Å². The van der Waals surface area contributed by atoms with Crippen LogP contribution in [-0.2, 0) is 16.0 Å². The number of phenolic OH excluding ortho intramolecular Hbond substituents is 1. The van der Waals surface area contributed by atoms with Crippen LogP contribution in [0, 0.1) is 0 Å². The van der Waals surface area contributed by atoms with Crippen molar-refractivity contribution < 1.29 is 19.8 Å². The number of thioether (sulfide) groups is 1. The van der Waals surface area contributed by atoms with Gasteiger partial charge in [-0.2, -0.15) is 11.8 Å². The van der Waals surface area contributed by atoms with Crippen molar-refractivity contribution in [2.75, 3.05) is 18.1 Å². The lowest BCUT2D eigenvalue weighted by Crippen LogP contribution is -2.47. The van der Waals surface area contributed by atoms with Gasteiger partial charge in [0, 0.05) is 23.6 Å². The van der Waals surface area contributed by atoms with Crippen molar-refractivity contribution in [1.82, 2.24) is 4.90 Å². The number of carbonyl (C=O) groups is 2. The summed E-state index contributed by atoms with van der Waals surface area (Å²) < 4.78 is 0. The highest BCUT2D eigenvalue weighted by Crippen LogP contribution is 2.22. The molecule has 1 atom stereocenters. The van der Waals surface area contributed by atoms with Gasteiger partial charge < -0.3 is 15.1 Å². The summed E-state index contributed by atoms with van der Waals surface area (Å²) in [6.07, 6.45) is 0.0764. The van der Waals surface area contributed by atoms with E-state index in [2.05, 4.69) is 0 Å². The number of carboxylic acid groups (broad SMARTS) is 1. The van der Waals surface area contributed by atoms with Crippen molar-refractivity contribution >= 4 is 23.6 Å². The monoisotopic (exact) mass is 295 g/mol. The largest absolute Gasteiger partial charge is 0.508 e. The minimum absolute atomic E-state index is 0.0283. The van der Waals surface area contributed by atoms with Gasteiger partial charge in [0.15, 0.2) is 0 Å². The van der Waals surface area contributed by atoms with E-state index in [-0.39, 0.29) is 30.5 Å². The second-order valence-corrected chi connectivity index (χ2v) is 5.87. The van der Waals surface area contributed by atoms with Crippen molar-refractivity contribution in [1.29, 1.82) is 0 Å². The maximum absolute atomic E-state index is 12.3. The Bertz CT molecular complexity index is 506. The summed E-state index contributed by atoms with van der Waals surface area (Å²) in [6, 6.07) is 6.46. The van der Waals surface area contributed by atoms with Gasteiger partial charge in [-0.25, -0.2) is 0 Å². The van der Waals surface area contributed by atoms with Crippen LogP contribution in [0.3, 0.4) is 0 Å². The van der Waals surface area contributed by atoms with Gasteiger partial charge in [0.05, 0.1) is 18.9 Å². The van der Waals surface area contributed by atoms with Crippen LogP contribution in [0.5, 0.6) is 5.75 Å². The quantitative estimate of drug-likeness (QED) is 0.877. The molecular formula is C14H17NO4S. The first-order valence-corrected chi connectivity index (χ1v) is 7.59. The molecule has 0 saturated carbocycles. The van der Waals surface area contributed by atoms with E-state index >= 15 is 0 Å². The van der Waals surface area contributed by atoms with E-state index in [4.69, 9.17) is 5.11 Å². The van der Waals surface area contributed by atoms with Crippen LogP contribution in [0.1, 0.15) is 12.0 Å². The third-order valence-corrected chi connectivity index (χ3v) is 4.38. The standard InChI is InChI=1S/C14H17NO4S/c16-12-4-2-1-3-10(12)7-13(17)15-5-6-20-9-11(15)8-14(18)19/h1-4,11,16H,5-9H2,(H,18,19). The number of phenols is 1. The molecule has 108 valence electrons. The van der Waals surface area contributed by atoms with Crippen molar-refractivity contribution in [3.63, 3.8) is 0 Å². The third kappa shape index (κ3) is 3.66. The van der Waals surface area contributed by atoms with E-state index in [1.54, 1.807) is 40.9 Å². The van der Waals surface area contributed by atoms with Gasteiger partial charge in [0.25, 0.3) is 0 Å². The van der Waals surface area contributed by atoms with Gasteiger partial charge in [0.2, 0.25) is 5.91 Å². The minimum Gasteiger partial charge on any atom is -0.508 e. The smallest absolute Gasteiger partial charge is 0.305 e. The Balaban J connectivity index is 2.06. The highest BCUT2D eigenvalue weighted by molar-refractivity contribution is 7.99. The summed E-state index contributed by atoms with van der Waals surface area (Å²) in [7, 11) is 0. The molecule has 5 nitrogen and oxygen atoms in total. The zero-order valence-corrected chi connectivity index (χ0v) is 11.8. The Labute approximate surface area is 121 Å². The number of benzene rings is 1. The second kappa shape index (κ2) is 6.65. The normalized spacial score (nSPS) is 18.8. The molecule has 1 aliphatic heterocycles. The molecule has 20 heavy (non-hydrogen) atoms. The molecule has 1 heterocycles. The fourth-order valence-electron chi connectivity index (χ4n) is 2.28. The number of carbonyl (C=O) groups excluding carboxylic acids is 1. The summed E-state index contributed by atoms with van der Waals surface area (Å²) in [5.41, 5.74) is 0.574. The van der Waals surface area contributed by atoms with Crippen molar-refractivity contribution in [2.45, 2.75) is 18.9 Å². The predicted octanol–water partition coefficient (Wildman–Crippen LogP) is 1.35. The van der Waals surface area contributed by atoms with Crippen molar-refractivity contribution in [3.8, 4) is 5.75 Å². The molecule has 2 rings (SSSR count). The maximum atomic E-state index is 12.3. The lowest BCUT2D eigenvalue weighted by molar-refractivity contribution is -0.140. The number of hydrogen-bond acceptors (Lipinski definition) is 4. The molecule has 1 aromatic carbocycles. The first kappa shape index (κ1) is 14.7. The SMILES string of the molecule is O=C(O)CC1CSCCN1C(=O)Cc1ccccc1O. The van der Waals surface area contributed by atoms with E-state index in [9.17, 15) is 14.7 Å². The van der Waals surface area contributed by atoms with Crippen molar-refractivity contribution in [3.05, 3.63) is 29.8 Å². The van der Waals surface area contributed by atoms with Crippen LogP contribution < -0.4 is 0 Å². The average Bonchev–Trinajstić information content (AvgIpc) is 2.41. The molecule has 0 bridgehead atoms. The molecule has 1 amide bonds. The van der Waals surface area contributed by atoms with Crippen LogP contribution >= 0.6 is 11.8 Å².